The molecule has 2 aromatic carbocycles. The summed E-state index contributed by atoms with van der Waals surface area (Å²) in [5.74, 6) is 0.111. The van der Waals surface area contributed by atoms with Gasteiger partial charge in [0.2, 0.25) is 0 Å². The van der Waals surface area contributed by atoms with Gasteiger partial charge in [-0.15, -0.1) is 0 Å². The molecule has 1 saturated heterocycles. The quantitative estimate of drug-likeness (QED) is 0.889. The zero-order valence-electron chi connectivity index (χ0n) is 13.4. The van der Waals surface area contributed by atoms with Gasteiger partial charge in [0, 0.05) is 30.8 Å². The number of phenolic OH excluding ortho intramolecular Hbond substituents is 1. The van der Waals surface area contributed by atoms with Crippen molar-refractivity contribution >= 4 is 12.0 Å². The molecule has 0 radical (unpaired) electrons. The molecular weight excluding hydrogens is 305 g/mol. The van der Waals surface area contributed by atoms with Crippen LogP contribution >= 0.6 is 0 Å². The largest absolute Gasteiger partial charge is 0.508 e. The lowest BCUT2D eigenvalue weighted by atomic mass is 9.79. The highest BCUT2D eigenvalue weighted by molar-refractivity contribution is 5.81. The second-order valence-corrected chi connectivity index (χ2v) is 6.50. The molecule has 2 heterocycles. The third-order valence-corrected chi connectivity index (χ3v) is 5.10. The third-order valence-electron chi connectivity index (χ3n) is 5.10. The van der Waals surface area contributed by atoms with E-state index in [-0.39, 0.29) is 11.4 Å². The van der Waals surface area contributed by atoms with E-state index in [1.54, 1.807) is 18.5 Å². The number of halogens is 1. The van der Waals surface area contributed by atoms with E-state index in [9.17, 15) is 9.50 Å². The van der Waals surface area contributed by atoms with Gasteiger partial charge in [0.1, 0.15) is 11.6 Å². The second-order valence-electron chi connectivity index (χ2n) is 6.50. The van der Waals surface area contributed by atoms with Gasteiger partial charge in [-0.05, 0) is 25.0 Å². The van der Waals surface area contributed by atoms with Crippen LogP contribution in [0.15, 0.2) is 47.5 Å². The van der Waals surface area contributed by atoms with Crippen molar-refractivity contribution in [2.45, 2.75) is 24.9 Å². The van der Waals surface area contributed by atoms with E-state index in [1.807, 2.05) is 24.3 Å². The number of anilines is 1. The number of hydrogen-bond acceptors (Lipinski definition) is 4. The van der Waals surface area contributed by atoms with Gasteiger partial charge >= 0.3 is 0 Å². The Balaban J connectivity index is 1.52. The maximum atomic E-state index is 14.1. The molecule has 2 N–H and O–H groups in total. The smallest absolute Gasteiger partial charge is 0.147 e. The van der Waals surface area contributed by atoms with Crippen LogP contribution in [-0.4, -0.2) is 29.4 Å². The number of benzene rings is 2. The number of rotatable bonds is 2. The molecular formula is C19H20FN3O. The van der Waals surface area contributed by atoms with E-state index < -0.39 is 0 Å². The molecule has 4 rings (SSSR count). The van der Waals surface area contributed by atoms with Crippen molar-refractivity contribution in [3.63, 3.8) is 0 Å². The molecule has 2 aromatic rings. The molecule has 2 aliphatic rings. The SMILES string of the molecule is Oc1ccccc1CN1CCC2(CC1)N=CNc1c(F)cccc12. The van der Waals surface area contributed by atoms with E-state index in [2.05, 4.69) is 15.2 Å². The average Bonchev–Trinajstić information content (AvgIpc) is 2.60. The summed E-state index contributed by atoms with van der Waals surface area (Å²) in [6, 6.07) is 12.7. The average molecular weight is 325 g/mol. The van der Waals surface area contributed by atoms with Crippen molar-refractivity contribution < 1.29 is 9.50 Å². The van der Waals surface area contributed by atoms with Crippen molar-refractivity contribution in [3.05, 3.63) is 59.4 Å². The third kappa shape index (κ3) is 2.55. The summed E-state index contributed by atoms with van der Waals surface area (Å²) in [5.41, 5.74) is 2.11. The molecule has 0 bridgehead atoms. The number of nitrogens with one attached hydrogen (secondary N) is 1. The lowest BCUT2D eigenvalue weighted by Gasteiger charge is -2.41. The molecule has 1 fully saturated rings. The number of para-hydroxylation sites is 2. The minimum Gasteiger partial charge on any atom is -0.508 e. The van der Waals surface area contributed by atoms with Gasteiger partial charge in [-0.2, -0.15) is 0 Å². The van der Waals surface area contributed by atoms with Crippen LogP contribution in [0.5, 0.6) is 5.75 Å². The van der Waals surface area contributed by atoms with Gasteiger partial charge in [-0.25, -0.2) is 4.39 Å². The number of aromatic hydroxyl groups is 1. The van der Waals surface area contributed by atoms with E-state index in [1.165, 1.54) is 6.07 Å². The second kappa shape index (κ2) is 5.91. The summed E-state index contributed by atoms with van der Waals surface area (Å²) in [7, 11) is 0. The predicted octanol–water partition coefficient (Wildman–Crippen LogP) is 3.48. The summed E-state index contributed by atoms with van der Waals surface area (Å²) < 4.78 is 14.1. The molecule has 0 unspecified atom stereocenters. The van der Waals surface area contributed by atoms with Gasteiger partial charge < -0.3 is 10.4 Å². The van der Waals surface area contributed by atoms with Crippen molar-refractivity contribution in [1.29, 1.82) is 0 Å². The molecule has 124 valence electrons. The predicted molar refractivity (Wildman–Crippen MR) is 92.8 cm³/mol. The van der Waals surface area contributed by atoms with E-state index in [0.717, 1.165) is 43.6 Å². The summed E-state index contributed by atoms with van der Waals surface area (Å²) in [6.45, 7) is 2.45. The first-order valence-corrected chi connectivity index (χ1v) is 8.26. The molecule has 2 aliphatic heterocycles. The lowest BCUT2D eigenvalue weighted by molar-refractivity contribution is 0.155. The Labute approximate surface area is 140 Å². The summed E-state index contributed by atoms with van der Waals surface area (Å²) >= 11 is 0. The molecule has 0 aromatic heterocycles. The molecule has 0 atom stereocenters. The van der Waals surface area contributed by atoms with Crippen molar-refractivity contribution in [2.24, 2.45) is 4.99 Å². The van der Waals surface area contributed by atoms with Crippen LogP contribution in [0.2, 0.25) is 0 Å². The fourth-order valence-corrected chi connectivity index (χ4v) is 3.71. The Hall–Kier alpha value is -2.40. The molecule has 24 heavy (non-hydrogen) atoms. The van der Waals surface area contributed by atoms with Crippen molar-refractivity contribution in [2.75, 3.05) is 18.4 Å². The Bertz CT molecular complexity index is 782. The maximum Gasteiger partial charge on any atom is 0.147 e. The standard InChI is InChI=1S/C19H20FN3O/c20-16-6-3-5-15-18(16)21-13-22-19(15)8-10-23(11-9-19)12-14-4-1-2-7-17(14)24/h1-7,13,24H,8-12H2,(H,21,22). The molecule has 1 spiro atoms. The van der Waals surface area contributed by atoms with Crippen LogP contribution in [0.3, 0.4) is 0 Å². The molecule has 0 amide bonds. The molecule has 0 aliphatic carbocycles. The van der Waals surface area contributed by atoms with Crippen LogP contribution in [0.25, 0.3) is 0 Å². The fraction of sp³-hybridized carbons (Fsp3) is 0.316. The van der Waals surface area contributed by atoms with Crippen LogP contribution in [0.1, 0.15) is 24.0 Å². The number of fused-ring (bicyclic) bond motifs is 2. The number of piperidine rings is 1. The van der Waals surface area contributed by atoms with Crippen LogP contribution < -0.4 is 5.32 Å². The van der Waals surface area contributed by atoms with Gasteiger partial charge in [-0.1, -0.05) is 30.3 Å². The molecule has 0 saturated carbocycles. The van der Waals surface area contributed by atoms with Crippen molar-refractivity contribution in [3.8, 4) is 5.75 Å². The van der Waals surface area contributed by atoms with E-state index in [4.69, 9.17) is 0 Å². The van der Waals surface area contributed by atoms with Gasteiger partial charge in [0.05, 0.1) is 17.6 Å². The normalized spacial score (nSPS) is 19.0. The minimum atomic E-state index is -0.335. The van der Waals surface area contributed by atoms with Gasteiger partial charge in [0.25, 0.3) is 0 Å². The Morgan fingerprint density at radius 2 is 1.92 bits per heavy atom. The fourth-order valence-electron chi connectivity index (χ4n) is 3.71. The highest BCUT2D eigenvalue weighted by Gasteiger charge is 2.39. The summed E-state index contributed by atoms with van der Waals surface area (Å²) in [5, 5.41) is 12.9. The highest BCUT2D eigenvalue weighted by Crippen LogP contribution is 2.43. The zero-order valence-corrected chi connectivity index (χ0v) is 13.4. The molecule has 5 heteroatoms. The lowest BCUT2D eigenvalue weighted by Crippen LogP contribution is -2.43. The number of likely N-dealkylation sites (tertiary alicyclic amines) is 1. The topological polar surface area (TPSA) is 47.9 Å². The Morgan fingerprint density at radius 1 is 1.12 bits per heavy atom. The highest BCUT2D eigenvalue weighted by atomic mass is 19.1. The number of hydrogen-bond donors (Lipinski definition) is 2. The molecule has 4 nitrogen and oxygen atoms in total. The first-order valence-electron chi connectivity index (χ1n) is 8.26. The maximum absolute atomic E-state index is 14.1. The zero-order chi connectivity index (χ0) is 16.6. The summed E-state index contributed by atoms with van der Waals surface area (Å²) in [6.07, 6.45) is 3.31. The van der Waals surface area contributed by atoms with Crippen LogP contribution in [0, 0.1) is 5.82 Å². The van der Waals surface area contributed by atoms with Crippen molar-refractivity contribution in [1.82, 2.24) is 4.90 Å². The van der Waals surface area contributed by atoms with Gasteiger partial charge in [0.15, 0.2) is 0 Å². The minimum absolute atomic E-state index is 0.227. The summed E-state index contributed by atoms with van der Waals surface area (Å²) in [4.78, 5) is 7.00. The monoisotopic (exact) mass is 325 g/mol. The Kier molecular flexibility index (Phi) is 3.73. The first kappa shape index (κ1) is 15.1. The van der Waals surface area contributed by atoms with Gasteiger partial charge in [-0.3, -0.25) is 9.89 Å². The first-order chi connectivity index (χ1) is 11.7. The number of nitrogens with zero attached hydrogens (tertiary/aromatic N) is 2. The Morgan fingerprint density at radius 3 is 2.71 bits per heavy atom. The van der Waals surface area contributed by atoms with E-state index >= 15 is 0 Å². The number of phenols is 1. The van der Waals surface area contributed by atoms with Crippen LogP contribution in [-0.2, 0) is 12.1 Å². The number of aliphatic imine (C=N–C) groups is 1. The van der Waals surface area contributed by atoms with Crippen LogP contribution in [0.4, 0.5) is 10.1 Å². The van der Waals surface area contributed by atoms with E-state index in [0.29, 0.717) is 11.4 Å².